The van der Waals surface area contributed by atoms with Gasteiger partial charge in [0.2, 0.25) is 0 Å². The van der Waals surface area contributed by atoms with Gasteiger partial charge < -0.3 is 16.2 Å². The molecule has 0 radical (unpaired) electrons. The van der Waals surface area contributed by atoms with Gasteiger partial charge in [0.05, 0.1) is 11.4 Å². The first-order valence-electron chi connectivity index (χ1n) is 5.00. The van der Waals surface area contributed by atoms with Gasteiger partial charge in [-0.15, -0.1) is 0 Å². The van der Waals surface area contributed by atoms with Crippen LogP contribution in [0.15, 0.2) is 6.07 Å². The van der Waals surface area contributed by atoms with Gasteiger partial charge in [0.1, 0.15) is 10.6 Å². The Morgan fingerprint density at radius 2 is 1.94 bits per heavy atom. The predicted octanol–water partition coefficient (Wildman–Crippen LogP) is 3.21. The van der Waals surface area contributed by atoms with Crippen LogP contribution in [-0.2, 0) is 0 Å². The molecule has 0 aromatic heterocycles. The lowest BCUT2D eigenvalue weighted by atomic mass is 10.1. The van der Waals surface area contributed by atoms with E-state index in [-0.39, 0.29) is 22.1 Å². The standard InChI is InChI=1S/C11H16ClFN2O/c1-4-11(2,3)16-10-7(15)5-6(14)8(12)9(10)13/h5H,4,14-15H2,1-3H3. The first-order valence-corrected chi connectivity index (χ1v) is 5.38. The lowest BCUT2D eigenvalue weighted by Gasteiger charge is -2.26. The number of benzene rings is 1. The summed E-state index contributed by atoms with van der Waals surface area (Å²) in [5.74, 6) is -0.744. The molecule has 1 aromatic carbocycles. The molecular formula is C11H16ClFN2O. The number of nitrogens with two attached hydrogens (primary N) is 2. The van der Waals surface area contributed by atoms with Crippen molar-refractivity contribution in [1.82, 2.24) is 0 Å². The van der Waals surface area contributed by atoms with Gasteiger partial charge in [-0.25, -0.2) is 4.39 Å². The van der Waals surface area contributed by atoms with Crippen LogP contribution in [0.2, 0.25) is 5.02 Å². The molecule has 0 saturated carbocycles. The van der Waals surface area contributed by atoms with E-state index in [4.69, 9.17) is 27.8 Å². The van der Waals surface area contributed by atoms with Gasteiger partial charge in [-0.2, -0.15) is 0 Å². The lowest BCUT2D eigenvalue weighted by Crippen LogP contribution is -2.27. The number of ether oxygens (including phenoxy) is 1. The molecule has 0 aliphatic carbocycles. The molecule has 16 heavy (non-hydrogen) atoms. The summed E-state index contributed by atoms with van der Waals surface area (Å²) in [4.78, 5) is 0. The molecule has 1 rings (SSSR count). The maximum atomic E-state index is 13.8. The largest absolute Gasteiger partial charge is 0.483 e. The van der Waals surface area contributed by atoms with Crippen molar-refractivity contribution >= 4 is 23.0 Å². The minimum Gasteiger partial charge on any atom is -0.483 e. The molecular weight excluding hydrogens is 231 g/mol. The molecule has 0 heterocycles. The molecule has 0 saturated heterocycles. The van der Waals surface area contributed by atoms with Crippen LogP contribution in [-0.4, -0.2) is 5.60 Å². The smallest absolute Gasteiger partial charge is 0.187 e. The zero-order chi connectivity index (χ0) is 12.5. The van der Waals surface area contributed by atoms with Gasteiger partial charge in [0.15, 0.2) is 11.6 Å². The fourth-order valence-corrected chi connectivity index (χ4v) is 1.24. The van der Waals surface area contributed by atoms with Crippen LogP contribution in [0.5, 0.6) is 5.75 Å². The van der Waals surface area contributed by atoms with Crippen molar-refractivity contribution in [2.24, 2.45) is 0 Å². The van der Waals surface area contributed by atoms with Crippen molar-refractivity contribution in [3.63, 3.8) is 0 Å². The highest BCUT2D eigenvalue weighted by molar-refractivity contribution is 6.33. The quantitative estimate of drug-likeness (QED) is 0.805. The van der Waals surface area contributed by atoms with Gasteiger partial charge in [0.25, 0.3) is 0 Å². The Kier molecular flexibility index (Phi) is 3.53. The molecule has 4 N–H and O–H groups in total. The summed E-state index contributed by atoms with van der Waals surface area (Å²) >= 11 is 5.69. The zero-order valence-corrected chi connectivity index (χ0v) is 10.4. The second-order valence-corrected chi connectivity index (χ2v) is 4.61. The predicted molar refractivity (Wildman–Crippen MR) is 65.2 cm³/mol. The van der Waals surface area contributed by atoms with Crippen molar-refractivity contribution in [2.75, 3.05) is 11.5 Å². The monoisotopic (exact) mass is 246 g/mol. The first kappa shape index (κ1) is 12.9. The van der Waals surface area contributed by atoms with Gasteiger partial charge >= 0.3 is 0 Å². The summed E-state index contributed by atoms with van der Waals surface area (Å²) in [6.45, 7) is 5.62. The van der Waals surface area contributed by atoms with E-state index in [1.54, 1.807) is 0 Å². The van der Waals surface area contributed by atoms with Crippen molar-refractivity contribution in [3.8, 4) is 5.75 Å². The third-order valence-corrected chi connectivity index (χ3v) is 2.83. The number of nitrogen functional groups attached to an aromatic ring is 2. The number of rotatable bonds is 3. The zero-order valence-electron chi connectivity index (χ0n) is 9.60. The van der Waals surface area contributed by atoms with Crippen LogP contribution in [0.1, 0.15) is 27.2 Å². The lowest BCUT2D eigenvalue weighted by molar-refractivity contribution is 0.101. The Hall–Kier alpha value is -1.16. The third kappa shape index (κ3) is 2.50. The van der Waals surface area contributed by atoms with Crippen molar-refractivity contribution in [1.29, 1.82) is 0 Å². The van der Waals surface area contributed by atoms with Gasteiger partial charge in [-0.3, -0.25) is 0 Å². The normalized spacial score (nSPS) is 11.6. The van der Waals surface area contributed by atoms with E-state index in [2.05, 4.69) is 0 Å². The van der Waals surface area contributed by atoms with E-state index < -0.39 is 11.4 Å². The third-order valence-electron chi connectivity index (χ3n) is 2.45. The molecule has 1 aromatic rings. The Labute approximate surface area is 99.5 Å². The molecule has 0 bridgehead atoms. The summed E-state index contributed by atoms with van der Waals surface area (Å²) in [6, 6.07) is 1.40. The van der Waals surface area contributed by atoms with Crippen molar-refractivity contribution in [3.05, 3.63) is 16.9 Å². The van der Waals surface area contributed by atoms with Crippen molar-refractivity contribution < 1.29 is 9.13 Å². The number of halogens is 2. The van der Waals surface area contributed by atoms with E-state index in [0.29, 0.717) is 6.42 Å². The Morgan fingerprint density at radius 1 is 1.38 bits per heavy atom. The van der Waals surface area contributed by atoms with Crippen LogP contribution < -0.4 is 16.2 Å². The Balaban J connectivity index is 3.20. The average Bonchev–Trinajstić information content (AvgIpc) is 2.21. The Bertz CT molecular complexity index is 407. The molecule has 0 spiro atoms. The van der Waals surface area contributed by atoms with Crippen LogP contribution in [0.25, 0.3) is 0 Å². The summed E-state index contributed by atoms with van der Waals surface area (Å²) in [5, 5.41) is -0.156. The highest BCUT2D eigenvalue weighted by Gasteiger charge is 2.23. The molecule has 3 nitrogen and oxygen atoms in total. The first-order chi connectivity index (χ1) is 7.28. The summed E-state index contributed by atoms with van der Waals surface area (Å²) in [5.41, 5.74) is 10.9. The average molecular weight is 247 g/mol. The maximum Gasteiger partial charge on any atom is 0.187 e. The van der Waals surface area contributed by atoms with Gasteiger partial charge in [0, 0.05) is 0 Å². The second kappa shape index (κ2) is 4.37. The molecule has 0 fully saturated rings. The van der Waals surface area contributed by atoms with Gasteiger partial charge in [-0.1, -0.05) is 18.5 Å². The summed E-state index contributed by atoms with van der Waals surface area (Å²) in [6.07, 6.45) is 0.716. The topological polar surface area (TPSA) is 61.3 Å². The van der Waals surface area contributed by atoms with Crippen LogP contribution >= 0.6 is 11.6 Å². The Morgan fingerprint density at radius 3 is 2.44 bits per heavy atom. The number of hydrogen-bond donors (Lipinski definition) is 2. The minimum atomic E-state index is -0.708. The van der Waals surface area contributed by atoms with E-state index in [1.807, 2.05) is 20.8 Å². The van der Waals surface area contributed by atoms with Crippen LogP contribution in [0, 0.1) is 5.82 Å². The van der Waals surface area contributed by atoms with Crippen LogP contribution in [0.3, 0.4) is 0 Å². The van der Waals surface area contributed by atoms with E-state index in [0.717, 1.165) is 0 Å². The molecule has 0 unspecified atom stereocenters. The van der Waals surface area contributed by atoms with Gasteiger partial charge in [-0.05, 0) is 26.3 Å². The molecule has 0 aliphatic rings. The number of anilines is 2. The van der Waals surface area contributed by atoms with Crippen LogP contribution in [0.4, 0.5) is 15.8 Å². The van der Waals surface area contributed by atoms with E-state index in [9.17, 15) is 4.39 Å². The second-order valence-electron chi connectivity index (χ2n) is 4.23. The molecule has 5 heteroatoms. The SMILES string of the molecule is CCC(C)(C)Oc1c(N)cc(N)c(Cl)c1F. The van der Waals surface area contributed by atoms with E-state index >= 15 is 0 Å². The molecule has 90 valence electrons. The molecule has 0 aliphatic heterocycles. The highest BCUT2D eigenvalue weighted by Crippen LogP contribution is 2.37. The maximum absolute atomic E-state index is 13.8. The van der Waals surface area contributed by atoms with E-state index in [1.165, 1.54) is 6.07 Å². The van der Waals surface area contributed by atoms with Crippen molar-refractivity contribution in [2.45, 2.75) is 32.8 Å². The minimum absolute atomic E-state index is 0.0361. The fourth-order valence-electron chi connectivity index (χ4n) is 1.10. The fraction of sp³-hybridized carbons (Fsp3) is 0.455. The summed E-state index contributed by atoms with van der Waals surface area (Å²) in [7, 11) is 0. The highest BCUT2D eigenvalue weighted by atomic mass is 35.5. The molecule has 0 amide bonds. The molecule has 0 atom stereocenters. The summed E-state index contributed by atoms with van der Waals surface area (Å²) < 4.78 is 19.3. The number of hydrogen-bond acceptors (Lipinski definition) is 3.